The van der Waals surface area contributed by atoms with E-state index in [2.05, 4.69) is 10.6 Å². The molecule has 0 aromatic carbocycles. The number of thioether (sulfide) groups is 1. The number of carboxylic acids is 1. The van der Waals surface area contributed by atoms with Crippen LogP contribution < -0.4 is 10.6 Å². The average Bonchev–Trinajstić information content (AvgIpc) is 2.10. The van der Waals surface area contributed by atoms with Crippen LogP contribution in [0.15, 0.2) is 0 Å². The maximum Gasteiger partial charge on any atom is 0.327 e. The zero-order chi connectivity index (χ0) is 11.1. The van der Waals surface area contributed by atoms with Gasteiger partial charge in [-0.1, -0.05) is 11.8 Å². The van der Waals surface area contributed by atoms with Gasteiger partial charge in [0, 0.05) is 19.7 Å². The summed E-state index contributed by atoms with van der Waals surface area (Å²) >= 11 is 0.809. The largest absolute Gasteiger partial charge is 0.480 e. The number of hydrogen-bond acceptors (Lipinski definition) is 4. The van der Waals surface area contributed by atoms with Crippen molar-refractivity contribution in [1.29, 1.82) is 0 Å². The highest BCUT2D eigenvalue weighted by atomic mass is 32.2. The van der Waals surface area contributed by atoms with Crippen molar-refractivity contribution in [2.45, 2.75) is 13.0 Å². The number of hydrogen-bond donors (Lipinski definition) is 3. The summed E-state index contributed by atoms with van der Waals surface area (Å²) in [7, 11) is 1.45. The highest BCUT2D eigenvalue weighted by molar-refractivity contribution is 8.13. The molecule has 0 aliphatic carbocycles. The van der Waals surface area contributed by atoms with E-state index >= 15 is 0 Å². The van der Waals surface area contributed by atoms with Crippen molar-refractivity contribution in [3.63, 3.8) is 0 Å². The SMILES string of the molecule is CNC(=O)SC[C@@H](NC(C)=O)C(=O)O. The monoisotopic (exact) mass is 220 g/mol. The van der Waals surface area contributed by atoms with Crippen molar-refractivity contribution < 1.29 is 19.5 Å². The van der Waals surface area contributed by atoms with Crippen molar-refractivity contribution in [1.82, 2.24) is 10.6 Å². The standard InChI is InChI=1S/C7H12N2O4S/c1-4(10)9-5(6(11)12)3-14-7(13)8-2/h5H,3H2,1-2H3,(H,8,13)(H,9,10)(H,11,12)/t5-/m1/s1. The molecule has 2 amide bonds. The summed E-state index contributed by atoms with van der Waals surface area (Å²) in [5.74, 6) is -1.58. The van der Waals surface area contributed by atoms with E-state index in [9.17, 15) is 14.4 Å². The van der Waals surface area contributed by atoms with E-state index in [-0.39, 0.29) is 11.0 Å². The molecular formula is C7H12N2O4S. The van der Waals surface area contributed by atoms with Crippen LogP contribution in [0.5, 0.6) is 0 Å². The fraction of sp³-hybridized carbons (Fsp3) is 0.571. The van der Waals surface area contributed by atoms with E-state index in [1.54, 1.807) is 0 Å². The first kappa shape index (κ1) is 12.8. The van der Waals surface area contributed by atoms with Gasteiger partial charge in [-0.05, 0) is 0 Å². The van der Waals surface area contributed by atoms with Gasteiger partial charge in [0.1, 0.15) is 6.04 Å². The molecule has 0 radical (unpaired) electrons. The second kappa shape index (κ2) is 6.25. The highest BCUT2D eigenvalue weighted by Crippen LogP contribution is 2.03. The van der Waals surface area contributed by atoms with Crippen LogP contribution in [-0.2, 0) is 9.59 Å². The predicted molar refractivity (Wildman–Crippen MR) is 52.2 cm³/mol. The Morgan fingerprint density at radius 1 is 1.43 bits per heavy atom. The Labute approximate surface area is 85.4 Å². The number of aliphatic carboxylic acids is 1. The Bertz CT molecular complexity index is 244. The summed E-state index contributed by atoms with van der Waals surface area (Å²) in [6, 6.07) is -1.03. The number of carboxylic acid groups (broad SMARTS) is 1. The number of carbonyl (C=O) groups is 3. The number of nitrogens with one attached hydrogen (secondary N) is 2. The van der Waals surface area contributed by atoms with Crippen molar-refractivity contribution in [2.75, 3.05) is 12.8 Å². The van der Waals surface area contributed by atoms with E-state index in [1.165, 1.54) is 14.0 Å². The Morgan fingerprint density at radius 2 is 2.00 bits per heavy atom. The minimum absolute atomic E-state index is 0.00852. The summed E-state index contributed by atoms with van der Waals surface area (Å²) < 4.78 is 0. The third kappa shape index (κ3) is 5.41. The molecule has 0 heterocycles. The molecule has 0 bridgehead atoms. The van der Waals surface area contributed by atoms with Crippen LogP contribution in [0.1, 0.15) is 6.92 Å². The summed E-state index contributed by atoms with van der Waals surface area (Å²) in [5, 5.41) is 12.9. The van der Waals surface area contributed by atoms with Crippen LogP contribution in [0.2, 0.25) is 0 Å². The second-order valence-corrected chi connectivity index (χ2v) is 3.43. The van der Waals surface area contributed by atoms with Crippen LogP contribution in [0, 0.1) is 0 Å². The van der Waals surface area contributed by atoms with Gasteiger partial charge in [0.15, 0.2) is 0 Å². The summed E-state index contributed by atoms with van der Waals surface area (Å²) in [6.07, 6.45) is 0. The molecule has 0 unspecified atom stereocenters. The maximum atomic E-state index is 10.8. The average molecular weight is 220 g/mol. The third-order valence-corrected chi connectivity index (χ3v) is 2.23. The molecule has 7 heteroatoms. The predicted octanol–water partition coefficient (Wildman–Crippen LogP) is -0.352. The second-order valence-electron chi connectivity index (χ2n) is 2.44. The molecule has 3 N–H and O–H groups in total. The molecule has 0 saturated carbocycles. The van der Waals surface area contributed by atoms with Crippen LogP contribution in [-0.4, -0.2) is 41.1 Å². The number of amides is 2. The lowest BCUT2D eigenvalue weighted by Crippen LogP contribution is -2.41. The van der Waals surface area contributed by atoms with E-state index < -0.39 is 17.9 Å². The van der Waals surface area contributed by atoms with Gasteiger partial charge in [-0.25, -0.2) is 4.79 Å². The van der Waals surface area contributed by atoms with E-state index in [1.807, 2.05) is 0 Å². The lowest BCUT2D eigenvalue weighted by molar-refractivity contribution is -0.140. The lowest BCUT2D eigenvalue weighted by Gasteiger charge is -2.11. The Hall–Kier alpha value is -1.24. The van der Waals surface area contributed by atoms with Gasteiger partial charge in [0.05, 0.1) is 0 Å². The summed E-state index contributed by atoms with van der Waals surface area (Å²) in [4.78, 5) is 31.9. The quantitative estimate of drug-likeness (QED) is 0.601. The molecule has 14 heavy (non-hydrogen) atoms. The normalized spacial score (nSPS) is 11.6. The molecule has 6 nitrogen and oxygen atoms in total. The zero-order valence-corrected chi connectivity index (χ0v) is 8.68. The van der Waals surface area contributed by atoms with Gasteiger partial charge in [-0.15, -0.1) is 0 Å². The molecule has 80 valence electrons. The highest BCUT2D eigenvalue weighted by Gasteiger charge is 2.19. The van der Waals surface area contributed by atoms with E-state index in [0.717, 1.165) is 11.8 Å². The van der Waals surface area contributed by atoms with Crippen molar-refractivity contribution in [3.05, 3.63) is 0 Å². The van der Waals surface area contributed by atoms with Gasteiger partial charge in [-0.2, -0.15) is 0 Å². The maximum absolute atomic E-state index is 10.8. The van der Waals surface area contributed by atoms with Crippen molar-refractivity contribution >= 4 is 28.9 Å². The molecule has 0 aliphatic heterocycles. The fourth-order valence-electron chi connectivity index (χ4n) is 0.651. The Morgan fingerprint density at radius 3 is 2.36 bits per heavy atom. The molecule has 0 aromatic rings. The Balaban J connectivity index is 4.04. The van der Waals surface area contributed by atoms with Crippen LogP contribution in [0.4, 0.5) is 4.79 Å². The van der Waals surface area contributed by atoms with Crippen LogP contribution in [0.3, 0.4) is 0 Å². The van der Waals surface area contributed by atoms with Gasteiger partial charge in [0.2, 0.25) is 5.91 Å². The third-order valence-electron chi connectivity index (χ3n) is 1.26. The molecule has 0 spiro atoms. The van der Waals surface area contributed by atoms with Crippen molar-refractivity contribution in [2.24, 2.45) is 0 Å². The molecule has 0 fully saturated rings. The molecule has 0 saturated heterocycles. The van der Waals surface area contributed by atoms with Gasteiger partial charge < -0.3 is 15.7 Å². The minimum atomic E-state index is -1.16. The summed E-state index contributed by atoms with van der Waals surface area (Å²) in [6.45, 7) is 1.22. The Kier molecular flexibility index (Phi) is 5.70. The topological polar surface area (TPSA) is 95.5 Å². The number of rotatable bonds is 4. The first-order chi connectivity index (χ1) is 6.47. The molecule has 1 atom stereocenters. The summed E-state index contributed by atoms with van der Waals surface area (Å²) in [5.41, 5.74) is 0. The van der Waals surface area contributed by atoms with Gasteiger partial charge >= 0.3 is 5.97 Å². The van der Waals surface area contributed by atoms with E-state index in [4.69, 9.17) is 5.11 Å². The molecule has 0 aliphatic rings. The smallest absolute Gasteiger partial charge is 0.327 e. The van der Waals surface area contributed by atoms with E-state index in [0.29, 0.717) is 0 Å². The lowest BCUT2D eigenvalue weighted by atomic mass is 10.3. The first-order valence-electron chi connectivity index (χ1n) is 3.81. The van der Waals surface area contributed by atoms with Gasteiger partial charge in [0.25, 0.3) is 5.24 Å². The molecule has 0 aromatic heterocycles. The van der Waals surface area contributed by atoms with Crippen LogP contribution in [0.25, 0.3) is 0 Å². The van der Waals surface area contributed by atoms with Crippen molar-refractivity contribution in [3.8, 4) is 0 Å². The first-order valence-corrected chi connectivity index (χ1v) is 4.80. The van der Waals surface area contributed by atoms with Crippen LogP contribution >= 0.6 is 11.8 Å². The minimum Gasteiger partial charge on any atom is -0.480 e. The number of carbonyl (C=O) groups excluding carboxylic acids is 2. The zero-order valence-electron chi connectivity index (χ0n) is 7.86. The molecular weight excluding hydrogens is 208 g/mol. The van der Waals surface area contributed by atoms with Gasteiger partial charge in [-0.3, -0.25) is 9.59 Å². The fourth-order valence-corrected chi connectivity index (χ4v) is 1.34. The molecule has 0 rings (SSSR count).